The molecule has 2 aliphatic rings. The van der Waals surface area contributed by atoms with Gasteiger partial charge in [0.2, 0.25) is 5.91 Å². The van der Waals surface area contributed by atoms with E-state index in [4.69, 9.17) is 5.11 Å². The lowest BCUT2D eigenvalue weighted by molar-refractivity contribution is -0.138. The molecule has 1 saturated carbocycles. The molecule has 1 aliphatic carbocycles. The molecular formula is C10H13NO4. The average molecular weight is 211 g/mol. The number of hydrogen-bond donors (Lipinski definition) is 2. The normalized spacial score (nSPS) is 30.4. The fourth-order valence-electron chi connectivity index (χ4n) is 2.28. The smallest absolute Gasteiger partial charge is 0.303 e. The van der Waals surface area contributed by atoms with Crippen LogP contribution in [0.5, 0.6) is 0 Å². The molecule has 0 radical (unpaired) electrons. The van der Waals surface area contributed by atoms with Crippen molar-refractivity contribution in [1.29, 1.82) is 0 Å². The molecule has 82 valence electrons. The number of aliphatic carboxylic acids is 1. The topological polar surface area (TPSA) is 83.5 Å². The summed E-state index contributed by atoms with van der Waals surface area (Å²) in [4.78, 5) is 33.4. The number of carbonyl (C=O) groups is 3. The van der Waals surface area contributed by atoms with Gasteiger partial charge in [0.05, 0.1) is 6.42 Å². The summed E-state index contributed by atoms with van der Waals surface area (Å²) in [6.45, 7) is 0. The Morgan fingerprint density at radius 3 is 2.53 bits per heavy atom. The summed E-state index contributed by atoms with van der Waals surface area (Å²) in [5.41, 5.74) is -0.852. The SMILES string of the molecule is O=C(O)CCC1(C2CC2)NC(=O)CC1=O. The molecule has 0 aromatic carbocycles. The maximum absolute atomic E-state index is 11.7. The van der Waals surface area contributed by atoms with Crippen LogP contribution in [0.15, 0.2) is 0 Å². The number of amides is 1. The minimum absolute atomic E-state index is 0.0669. The summed E-state index contributed by atoms with van der Waals surface area (Å²) in [6.07, 6.45) is 1.90. The minimum Gasteiger partial charge on any atom is -0.481 e. The van der Waals surface area contributed by atoms with Crippen molar-refractivity contribution in [1.82, 2.24) is 5.32 Å². The van der Waals surface area contributed by atoms with Crippen LogP contribution in [-0.2, 0) is 14.4 Å². The van der Waals surface area contributed by atoms with Gasteiger partial charge in [-0.05, 0) is 25.2 Å². The number of nitrogens with one attached hydrogen (secondary N) is 1. The molecule has 1 atom stereocenters. The Labute approximate surface area is 86.8 Å². The van der Waals surface area contributed by atoms with Gasteiger partial charge in [-0.3, -0.25) is 14.4 Å². The van der Waals surface area contributed by atoms with Crippen LogP contribution in [0, 0.1) is 5.92 Å². The predicted molar refractivity (Wildman–Crippen MR) is 50.1 cm³/mol. The van der Waals surface area contributed by atoms with Crippen LogP contribution in [0.3, 0.4) is 0 Å². The van der Waals surface area contributed by atoms with Crippen LogP contribution >= 0.6 is 0 Å². The van der Waals surface area contributed by atoms with Gasteiger partial charge in [0, 0.05) is 6.42 Å². The van der Waals surface area contributed by atoms with Gasteiger partial charge in [-0.15, -0.1) is 0 Å². The van der Waals surface area contributed by atoms with Crippen molar-refractivity contribution in [3.05, 3.63) is 0 Å². The number of carbonyl (C=O) groups excluding carboxylic acids is 2. The minimum atomic E-state index is -0.927. The van der Waals surface area contributed by atoms with Crippen LogP contribution in [0.25, 0.3) is 0 Å². The Morgan fingerprint density at radius 2 is 2.13 bits per heavy atom. The van der Waals surface area contributed by atoms with E-state index in [1.165, 1.54) is 0 Å². The van der Waals surface area contributed by atoms with Gasteiger partial charge >= 0.3 is 5.97 Å². The monoisotopic (exact) mass is 211 g/mol. The first kappa shape index (κ1) is 10.1. The largest absolute Gasteiger partial charge is 0.481 e. The highest BCUT2D eigenvalue weighted by Gasteiger charge is 2.54. The third-order valence-corrected chi connectivity index (χ3v) is 3.19. The number of carboxylic acid groups (broad SMARTS) is 1. The second kappa shape index (κ2) is 3.32. The maximum atomic E-state index is 11.7. The van der Waals surface area contributed by atoms with Gasteiger partial charge in [-0.2, -0.15) is 0 Å². The Morgan fingerprint density at radius 1 is 1.47 bits per heavy atom. The van der Waals surface area contributed by atoms with E-state index in [1.807, 2.05) is 0 Å². The van der Waals surface area contributed by atoms with E-state index < -0.39 is 11.5 Å². The Hall–Kier alpha value is -1.39. The van der Waals surface area contributed by atoms with Crippen molar-refractivity contribution >= 4 is 17.7 Å². The molecule has 1 saturated heterocycles. The maximum Gasteiger partial charge on any atom is 0.303 e. The Kier molecular flexibility index (Phi) is 2.25. The van der Waals surface area contributed by atoms with Crippen molar-refractivity contribution in [3.63, 3.8) is 0 Å². The van der Waals surface area contributed by atoms with Crippen LogP contribution in [0.2, 0.25) is 0 Å². The highest BCUT2D eigenvalue weighted by Crippen LogP contribution is 2.45. The summed E-state index contributed by atoms with van der Waals surface area (Å²) >= 11 is 0. The molecule has 1 aliphatic heterocycles. The fraction of sp³-hybridized carbons (Fsp3) is 0.700. The standard InChI is InChI=1S/C10H13NO4/c12-7-5-8(13)11-10(7,6-1-2-6)4-3-9(14)15/h6H,1-5H2,(H,11,13)(H,14,15). The van der Waals surface area contributed by atoms with Gasteiger partial charge in [0.15, 0.2) is 5.78 Å². The van der Waals surface area contributed by atoms with Gasteiger partial charge in [0.25, 0.3) is 0 Å². The van der Waals surface area contributed by atoms with E-state index >= 15 is 0 Å². The molecule has 0 bridgehead atoms. The highest BCUT2D eigenvalue weighted by molar-refractivity contribution is 6.10. The molecule has 1 unspecified atom stereocenters. The number of rotatable bonds is 4. The first-order chi connectivity index (χ1) is 7.04. The van der Waals surface area contributed by atoms with E-state index in [-0.39, 0.29) is 36.9 Å². The van der Waals surface area contributed by atoms with E-state index in [0.717, 1.165) is 12.8 Å². The summed E-state index contributed by atoms with van der Waals surface area (Å²) in [5, 5.41) is 11.3. The van der Waals surface area contributed by atoms with Crippen LogP contribution in [-0.4, -0.2) is 28.3 Å². The molecule has 0 aromatic heterocycles. The second-order valence-electron chi connectivity index (χ2n) is 4.29. The summed E-state index contributed by atoms with van der Waals surface area (Å²) < 4.78 is 0. The molecule has 0 spiro atoms. The zero-order valence-electron chi connectivity index (χ0n) is 8.28. The molecule has 0 aromatic rings. The van der Waals surface area contributed by atoms with Gasteiger partial charge in [0.1, 0.15) is 5.54 Å². The number of Topliss-reactive ketones (excluding diaryl/α,β-unsaturated/α-hetero) is 1. The summed E-state index contributed by atoms with van der Waals surface area (Å²) in [6, 6.07) is 0. The van der Waals surface area contributed by atoms with Gasteiger partial charge < -0.3 is 10.4 Å². The molecule has 1 heterocycles. The Bertz CT molecular complexity index is 334. The predicted octanol–water partition coefficient (Wildman–Crippen LogP) is 0.0890. The summed E-state index contributed by atoms with van der Waals surface area (Å²) in [5.74, 6) is -1.16. The number of hydrogen-bond acceptors (Lipinski definition) is 3. The Balaban J connectivity index is 2.13. The molecule has 2 rings (SSSR count). The van der Waals surface area contributed by atoms with Crippen molar-refractivity contribution in [2.24, 2.45) is 5.92 Å². The van der Waals surface area contributed by atoms with Crippen molar-refractivity contribution < 1.29 is 19.5 Å². The van der Waals surface area contributed by atoms with Gasteiger partial charge in [-0.25, -0.2) is 0 Å². The average Bonchev–Trinajstić information content (AvgIpc) is 2.91. The van der Waals surface area contributed by atoms with Gasteiger partial charge in [-0.1, -0.05) is 0 Å². The third-order valence-electron chi connectivity index (χ3n) is 3.19. The number of ketones is 1. The van der Waals surface area contributed by atoms with Crippen molar-refractivity contribution in [3.8, 4) is 0 Å². The fourth-order valence-corrected chi connectivity index (χ4v) is 2.28. The molecule has 5 nitrogen and oxygen atoms in total. The van der Waals surface area contributed by atoms with Crippen molar-refractivity contribution in [2.45, 2.75) is 37.6 Å². The molecular weight excluding hydrogens is 198 g/mol. The molecule has 15 heavy (non-hydrogen) atoms. The van der Waals surface area contributed by atoms with Crippen LogP contribution < -0.4 is 5.32 Å². The third kappa shape index (κ3) is 1.73. The lowest BCUT2D eigenvalue weighted by Gasteiger charge is -2.26. The van der Waals surface area contributed by atoms with E-state index in [0.29, 0.717) is 0 Å². The lowest BCUT2D eigenvalue weighted by atomic mass is 9.85. The highest BCUT2D eigenvalue weighted by atomic mass is 16.4. The quantitative estimate of drug-likeness (QED) is 0.645. The molecule has 1 amide bonds. The lowest BCUT2D eigenvalue weighted by Crippen LogP contribution is -2.48. The zero-order chi connectivity index (χ0) is 11.1. The zero-order valence-corrected chi connectivity index (χ0v) is 8.28. The second-order valence-corrected chi connectivity index (χ2v) is 4.29. The van der Waals surface area contributed by atoms with Crippen LogP contribution in [0.4, 0.5) is 0 Å². The van der Waals surface area contributed by atoms with E-state index in [9.17, 15) is 14.4 Å². The molecule has 2 fully saturated rings. The summed E-state index contributed by atoms with van der Waals surface area (Å²) in [7, 11) is 0. The van der Waals surface area contributed by atoms with Crippen LogP contribution in [0.1, 0.15) is 32.1 Å². The first-order valence-corrected chi connectivity index (χ1v) is 5.11. The van der Waals surface area contributed by atoms with E-state index in [1.54, 1.807) is 0 Å². The number of carboxylic acids is 1. The first-order valence-electron chi connectivity index (χ1n) is 5.11. The van der Waals surface area contributed by atoms with Crippen molar-refractivity contribution in [2.75, 3.05) is 0 Å². The van der Waals surface area contributed by atoms with E-state index in [2.05, 4.69) is 5.32 Å². The molecule has 5 heteroatoms. The molecule has 2 N–H and O–H groups in total.